The Labute approximate surface area is 179 Å². The zero-order valence-corrected chi connectivity index (χ0v) is 17.9. The molecule has 1 aromatic rings. The molecule has 2 fully saturated rings. The van der Waals surface area contributed by atoms with Gasteiger partial charge in [0.1, 0.15) is 5.54 Å². The van der Waals surface area contributed by atoms with Crippen molar-refractivity contribution in [2.75, 3.05) is 32.0 Å². The lowest BCUT2D eigenvalue weighted by atomic mass is 9.81. The van der Waals surface area contributed by atoms with E-state index in [0.29, 0.717) is 13.1 Å². The van der Waals surface area contributed by atoms with Gasteiger partial charge in [0.05, 0.1) is 12.6 Å². The number of hydrogen-bond donors (Lipinski definition) is 2. The van der Waals surface area contributed by atoms with Crippen molar-refractivity contribution < 1.29 is 9.59 Å². The van der Waals surface area contributed by atoms with Crippen molar-refractivity contribution in [1.82, 2.24) is 15.1 Å². The molecule has 1 saturated carbocycles. The van der Waals surface area contributed by atoms with Gasteiger partial charge in [-0.05, 0) is 44.4 Å². The van der Waals surface area contributed by atoms with Crippen molar-refractivity contribution in [2.45, 2.75) is 62.9 Å². The molecule has 0 aromatic heterocycles. The monoisotopic (exact) mass is 411 g/mol. The van der Waals surface area contributed by atoms with Crippen LogP contribution in [0.5, 0.6) is 0 Å². The van der Waals surface area contributed by atoms with E-state index >= 15 is 0 Å². The van der Waals surface area contributed by atoms with Crippen LogP contribution in [0, 0.1) is 11.3 Å². The van der Waals surface area contributed by atoms with Crippen LogP contribution in [0.25, 0.3) is 0 Å². The molecule has 1 saturated heterocycles. The number of benzene rings is 1. The van der Waals surface area contributed by atoms with E-state index in [1.807, 2.05) is 30.3 Å². The van der Waals surface area contributed by atoms with Crippen molar-refractivity contribution in [3.05, 3.63) is 30.3 Å². The fourth-order valence-corrected chi connectivity index (χ4v) is 4.58. The van der Waals surface area contributed by atoms with Crippen LogP contribution in [0.4, 0.5) is 10.5 Å². The van der Waals surface area contributed by atoms with Gasteiger partial charge in [0.25, 0.3) is 0 Å². The molecule has 7 nitrogen and oxygen atoms in total. The summed E-state index contributed by atoms with van der Waals surface area (Å²) in [5.41, 5.74) is 0.0932. The first-order valence-electron chi connectivity index (χ1n) is 11.1. The Bertz CT molecular complexity index is 755. The Kier molecular flexibility index (Phi) is 7.69. The van der Waals surface area contributed by atoms with E-state index in [-0.39, 0.29) is 18.0 Å². The van der Waals surface area contributed by atoms with Crippen LogP contribution in [-0.2, 0) is 4.79 Å². The molecule has 2 N–H and O–H groups in total. The van der Waals surface area contributed by atoms with Gasteiger partial charge in [-0.25, -0.2) is 4.79 Å². The van der Waals surface area contributed by atoms with Crippen LogP contribution in [0.3, 0.4) is 0 Å². The molecule has 3 amide bonds. The lowest BCUT2D eigenvalue weighted by molar-refractivity contribution is -0.137. The summed E-state index contributed by atoms with van der Waals surface area (Å²) in [5, 5.41) is 15.6. The Morgan fingerprint density at radius 3 is 2.60 bits per heavy atom. The molecule has 1 aromatic carbocycles. The summed E-state index contributed by atoms with van der Waals surface area (Å²) in [6.45, 7) is 1.64. The second kappa shape index (κ2) is 10.4. The van der Waals surface area contributed by atoms with Crippen molar-refractivity contribution in [3.63, 3.8) is 0 Å². The third kappa shape index (κ3) is 5.51. The normalized spacial score (nSPS) is 21.3. The van der Waals surface area contributed by atoms with Crippen LogP contribution in [0.1, 0.15) is 51.4 Å². The molecule has 7 heteroatoms. The minimum atomic E-state index is -0.658. The summed E-state index contributed by atoms with van der Waals surface area (Å²) in [4.78, 5) is 29.1. The second-order valence-electron chi connectivity index (χ2n) is 8.48. The molecule has 0 bridgehead atoms. The molecule has 0 spiro atoms. The topological polar surface area (TPSA) is 88.5 Å². The van der Waals surface area contributed by atoms with Gasteiger partial charge in [0.15, 0.2) is 0 Å². The molecule has 162 valence electrons. The number of nitrogens with zero attached hydrogens (tertiary/aromatic N) is 3. The summed E-state index contributed by atoms with van der Waals surface area (Å²) in [6.07, 6.45) is 7.74. The second-order valence-corrected chi connectivity index (χ2v) is 8.48. The Morgan fingerprint density at radius 1 is 1.17 bits per heavy atom. The molecule has 1 aliphatic carbocycles. The third-order valence-corrected chi connectivity index (χ3v) is 6.52. The third-order valence-electron chi connectivity index (χ3n) is 6.52. The molecule has 30 heavy (non-hydrogen) atoms. The van der Waals surface area contributed by atoms with E-state index in [0.717, 1.165) is 63.6 Å². The smallest absolute Gasteiger partial charge is 0.319 e. The van der Waals surface area contributed by atoms with Crippen molar-refractivity contribution >= 4 is 17.6 Å². The number of piperidine rings is 1. The first-order chi connectivity index (χ1) is 14.5. The number of nitriles is 1. The predicted molar refractivity (Wildman–Crippen MR) is 117 cm³/mol. The van der Waals surface area contributed by atoms with Gasteiger partial charge in [-0.15, -0.1) is 0 Å². The van der Waals surface area contributed by atoms with Crippen LogP contribution in [-0.4, -0.2) is 60.0 Å². The number of para-hydroxylation sites is 1. The summed E-state index contributed by atoms with van der Waals surface area (Å²) in [6, 6.07) is 11.7. The van der Waals surface area contributed by atoms with E-state index in [2.05, 4.69) is 21.6 Å². The lowest BCUT2D eigenvalue weighted by Gasteiger charge is -2.41. The number of carbonyl (C=O) groups excluding carboxylic acids is 2. The van der Waals surface area contributed by atoms with Crippen LogP contribution in [0.15, 0.2) is 30.3 Å². The number of rotatable bonds is 6. The minimum absolute atomic E-state index is 0.000845. The highest BCUT2D eigenvalue weighted by molar-refractivity contribution is 5.89. The largest absolute Gasteiger partial charge is 0.336 e. The maximum absolute atomic E-state index is 13.0. The first-order valence-corrected chi connectivity index (χ1v) is 11.1. The Balaban J connectivity index is 1.54. The number of carbonyl (C=O) groups is 2. The van der Waals surface area contributed by atoms with Gasteiger partial charge in [-0.3, -0.25) is 9.69 Å². The fraction of sp³-hybridized carbons (Fsp3) is 0.609. The van der Waals surface area contributed by atoms with Crippen LogP contribution < -0.4 is 10.6 Å². The molecular weight excluding hydrogens is 378 g/mol. The van der Waals surface area contributed by atoms with E-state index in [4.69, 9.17) is 0 Å². The fourth-order valence-electron chi connectivity index (χ4n) is 4.58. The number of likely N-dealkylation sites (tertiary alicyclic amines) is 1. The van der Waals surface area contributed by atoms with Gasteiger partial charge >= 0.3 is 6.03 Å². The highest BCUT2D eigenvalue weighted by atomic mass is 16.2. The maximum Gasteiger partial charge on any atom is 0.319 e. The van der Waals surface area contributed by atoms with Crippen LogP contribution >= 0.6 is 0 Å². The van der Waals surface area contributed by atoms with Gasteiger partial charge in [0, 0.05) is 25.3 Å². The zero-order chi connectivity index (χ0) is 21.4. The minimum Gasteiger partial charge on any atom is -0.336 e. The SMILES string of the molecule is CN(C(=O)CN1CCCCC1CNC(=O)Nc1ccccc1)C1(C#N)CCCCC1. The number of nitrogens with one attached hydrogen (secondary N) is 2. The lowest BCUT2D eigenvalue weighted by Crippen LogP contribution is -2.55. The molecule has 1 heterocycles. The highest BCUT2D eigenvalue weighted by Crippen LogP contribution is 2.32. The van der Waals surface area contributed by atoms with Crippen molar-refractivity contribution in [1.29, 1.82) is 5.26 Å². The Hall–Kier alpha value is -2.59. The van der Waals surface area contributed by atoms with Gasteiger partial charge in [0.2, 0.25) is 5.91 Å². The number of amides is 3. The number of urea groups is 1. The maximum atomic E-state index is 13.0. The molecule has 0 radical (unpaired) electrons. The van der Waals surface area contributed by atoms with Crippen LogP contribution in [0.2, 0.25) is 0 Å². The van der Waals surface area contributed by atoms with Crippen molar-refractivity contribution in [2.24, 2.45) is 0 Å². The zero-order valence-electron chi connectivity index (χ0n) is 17.9. The standard InChI is InChI=1S/C23H33N5O2/c1-27(23(18-24)13-7-3-8-14-23)21(29)17-28-15-9-6-12-20(28)16-25-22(30)26-19-10-4-2-5-11-19/h2,4-5,10-11,20H,3,6-9,12-17H2,1H3,(H2,25,26,30). The van der Waals surface area contributed by atoms with Gasteiger partial charge in [-0.2, -0.15) is 5.26 Å². The molecule has 1 unspecified atom stereocenters. The summed E-state index contributed by atoms with van der Waals surface area (Å²) in [5.74, 6) is -0.000845. The van der Waals surface area contributed by atoms with E-state index in [1.165, 1.54) is 0 Å². The summed E-state index contributed by atoms with van der Waals surface area (Å²) >= 11 is 0. The molecule has 1 atom stereocenters. The summed E-state index contributed by atoms with van der Waals surface area (Å²) < 4.78 is 0. The molecular formula is C23H33N5O2. The quantitative estimate of drug-likeness (QED) is 0.751. The van der Waals surface area contributed by atoms with Gasteiger partial charge in [-0.1, -0.05) is 43.9 Å². The summed E-state index contributed by atoms with van der Waals surface area (Å²) in [7, 11) is 1.78. The molecule has 1 aliphatic heterocycles. The number of hydrogen-bond acceptors (Lipinski definition) is 4. The Morgan fingerprint density at radius 2 is 1.90 bits per heavy atom. The van der Waals surface area contributed by atoms with E-state index in [1.54, 1.807) is 11.9 Å². The number of likely N-dealkylation sites (N-methyl/N-ethyl adjacent to an activating group) is 1. The average Bonchev–Trinajstić information content (AvgIpc) is 2.79. The predicted octanol–water partition coefficient (Wildman–Crippen LogP) is 3.35. The van der Waals surface area contributed by atoms with Gasteiger partial charge < -0.3 is 15.5 Å². The number of anilines is 1. The van der Waals surface area contributed by atoms with E-state index in [9.17, 15) is 14.9 Å². The van der Waals surface area contributed by atoms with E-state index < -0.39 is 5.54 Å². The first kappa shape index (κ1) is 22.1. The molecule has 3 rings (SSSR count). The van der Waals surface area contributed by atoms with Crippen molar-refractivity contribution in [3.8, 4) is 6.07 Å². The average molecular weight is 412 g/mol. The molecule has 2 aliphatic rings. The highest BCUT2D eigenvalue weighted by Gasteiger charge is 2.39.